The second-order valence-corrected chi connectivity index (χ2v) is 5.82. The molecule has 0 saturated carbocycles. The van der Waals surface area contributed by atoms with Crippen molar-refractivity contribution in [3.05, 3.63) is 46.2 Å². The molecular formula is C12H13BrN4OS. The molecule has 0 aliphatic carbocycles. The molecule has 2 aromatic rings. The minimum absolute atomic E-state index is 0.299. The monoisotopic (exact) mass is 340 g/mol. The molecule has 0 spiro atoms. The fraction of sp³-hybridized carbons (Fsp3) is 0.167. The maximum absolute atomic E-state index is 11.4. The van der Waals surface area contributed by atoms with Gasteiger partial charge in [0.1, 0.15) is 0 Å². The smallest absolute Gasteiger partial charge is 0.265 e. The summed E-state index contributed by atoms with van der Waals surface area (Å²) < 4.78 is 2.66. The first-order valence-electron chi connectivity index (χ1n) is 5.51. The van der Waals surface area contributed by atoms with Crippen LogP contribution in [0.1, 0.15) is 15.9 Å². The van der Waals surface area contributed by atoms with Crippen LogP contribution in [-0.4, -0.2) is 15.7 Å². The minimum Gasteiger partial charge on any atom is -0.290 e. The van der Waals surface area contributed by atoms with E-state index in [2.05, 4.69) is 26.5 Å². The van der Waals surface area contributed by atoms with Gasteiger partial charge in [-0.3, -0.25) is 14.9 Å². The number of rotatable bonds is 4. The van der Waals surface area contributed by atoms with Gasteiger partial charge < -0.3 is 0 Å². The molecule has 0 aliphatic rings. The molecule has 0 aliphatic heterocycles. The summed E-state index contributed by atoms with van der Waals surface area (Å²) in [6.45, 7) is 0. The highest BCUT2D eigenvalue weighted by Crippen LogP contribution is 2.27. The number of benzene rings is 1. The number of thioether (sulfide) groups is 1. The first-order valence-corrected chi connectivity index (χ1v) is 7.29. The number of hydrogen-bond acceptors (Lipinski definition) is 4. The Morgan fingerprint density at radius 1 is 1.58 bits per heavy atom. The number of carbonyl (C=O) groups excluding carboxylic acids is 1. The van der Waals surface area contributed by atoms with Gasteiger partial charge in [-0.2, -0.15) is 5.10 Å². The maximum atomic E-state index is 11.4. The van der Waals surface area contributed by atoms with Crippen LogP contribution in [0.2, 0.25) is 0 Å². The summed E-state index contributed by atoms with van der Waals surface area (Å²) in [6.07, 6.45) is 3.80. The number of aryl methyl sites for hydroxylation is 1. The van der Waals surface area contributed by atoms with Gasteiger partial charge in [0.15, 0.2) is 0 Å². The number of hydrogen-bond donors (Lipinski definition) is 2. The molecule has 3 N–H and O–H groups in total. The Balaban J connectivity index is 2.07. The second kappa shape index (κ2) is 6.23. The number of aromatic nitrogens is 2. The van der Waals surface area contributed by atoms with E-state index in [1.165, 1.54) is 0 Å². The second-order valence-electron chi connectivity index (χ2n) is 3.92. The number of halogens is 1. The van der Waals surface area contributed by atoms with Crippen LogP contribution in [0.15, 0.2) is 40.0 Å². The molecule has 0 fully saturated rings. The van der Waals surface area contributed by atoms with Gasteiger partial charge in [0, 0.05) is 33.9 Å². The van der Waals surface area contributed by atoms with Gasteiger partial charge in [0.25, 0.3) is 5.91 Å². The van der Waals surface area contributed by atoms with Crippen molar-refractivity contribution in [2.45, 2.75) is 10.6 Å². The third kappa shape index (κ3) is 3.59. The van der Waals surface area contributed by atoms with Gasteiger partial charge in [-0.1, -0.05) is 22.0 Å². The van der Waals surface area contributed by atoms with Gasteiger partial charge in [-0.25, -0.2) is 5.84 Å². The third-order valence-electron chi connectivity index (χ3n) is 2.52. The lowest BCUT2D eigenvalue weighted by Gasteiger charge is -2.06. The Bertz CT molecular complexity index is 599. The van der Waals surface area contributed by atoms with E-state index >= 15 is 0 Å². The van der Waals surface area contributed by atoms with Crippen molar-refractivity contribution in [3.8, 4) is 0 Å². The van der Waals surface area contributed by atoms with Crippen LogP contribution in [0, 0.1) is 0 Å². The molecule has 0 bridgehead atoms. The van der Waals surface area contributed by atoms with Gasteiger partial charge in [0.05, 0.1) is 6.20 Å². The Morgan fingerprint density at radius 3 is 2.95 bits per heavy atom. The zero-order chi connectivity index (χ0) is 13.8. The summed E-state index contributed by atoms with van der Waals surface area (Å²) in [6, 6.07) is 5.44. The van der Waals surface area contributed by atoms with E-state index in [0.29, 0.717) is 5.56 Å². The summed E-state index contributed by atoms with van der Waals surface area (Å²) in [4.78, 5) is 12.5. The highest BCUT2D eigenvalue weighted by Gasteiger charge is 2.08. The Hall–Kier alpha value is -1.31. The quantitative estimate of drug-likeness (QED) is 0.387. The average Bonchev–Trinajstić information content (AvgIpc) is 2.82. The zero-order valence-electron chi connectivity index (χ0n) is 10.3. The number of carbonyl (C=O) groups is 1. The van der Waals surface area contributed by atoms with Crippen molar-refractivity contribution >= 4 is 33.6 Å². The maximum Gasteiger partial charge on any atom is 0.265 e. The zero-order valence-corrected chi connectivity index (χ0v) is 12.7. The van der Waals surface area contributed by atoms with E-state index in [0.717, 1.165) is 20.7 Å². The van der Waals surface area contributed by atoms with Crippen molar-refractivity contribution in [2.24, 2.45) is 12.9 Å². The number of nitrogens with zero attached hydrogens (tertiary/aromatic N) is 2. The Labute approximate surface area is 123 Å². The molecule has 1 heterocycles. The van der Waals surface area contributed by atoms with Crippen LogP contribution in [-0.2, 0) is 12.8 Å². The van der Waals surface area contributed by atoms with E-state index in [1.807, 2.05) is 25.5 Å². The van der Waals surface area contributed by atoms with E-state index in [-0.39, 0.29) is 5.91 Å². The summed E-state index contributed by atoms with van der Waals surface area (Å²) in [5.41, 5.74) is 3.76. The van der Waals surface area contributed by atoms with E-state index in [9.17, 15) is 4.79 Å². The molecule has 2 rings (SSSR count). The summed E-state index contributed by atoms with van der Waals surface area (Å²) in [5.74, 6) is 5.60. The molecule has 1 aromatic heterocycles. The number of amides is 1. The highest BCUT2D eigenvalue weighted by atomic mass is 79.9. The molecule has 1 aromatic carbocycles. The normalized spacial score (nSPS) is 10.5. The van der Waals surface area contributed by atoms with Gasteiger partial charge in [-0.15, -0.1) is 11.8 Å². The first kappa shape index (κ1) is 14.1. The summed E-state index contributed by atoms with van der Waals surface area (Å²) in [7, 11) is 1.89. The molecule has 0 atom stereocenters. The Morgan fingerprint density at radius 2 is 2.37 bits per heavy atom. The van der Waals surface area contributed by atoms with E-state index < -0.39 is 0 Å². The van der Waals surface area contributed by atoms with Crippen LogP contribution >= 0.6 is 27.7 Å². The van der Waals surface area contributed by atoms with Crippen LogP contribution in [0.25, 0.3) is 0 Å². The number of nitrogen functional groups attached to an aromatic ring is 1. The average molecular weight is 341 g/mol. The molecule has 1 amide bonds. The lowest BCUT2D eigenvalue weighted by molar-refractivity contribution is 0.0953. The topological polar surface area (TPSA) is 72.9 Å². The van der Waals surface area contributed by atoms with Crippen molar-refractivity contribution in [3.63, 3.8) is 0 Å². The van der Waals surface area contributed by atoms with Crippen LogP contribution in [0.4, 0.5) is 0 Å². The first-order chi connectivity index (χ1) is 9.10. The molecule has 0 saturated heterocycles. The molecule has 100 valence electrons. The van der Waals surface area contributed by atoms with Crippen molar-refractivity contribution < 1.29 is 4.79 Å². The van der Waals surface area contributed by atoms with Crippen LogP contribution < -0.4 is 11.3 Å². The number of hydrazine groups is 1. The predicted octanol–water partition coefficient (Wildman–Crippen LogP) is 2.08. The van der Waals surface area contributed by atoms with E-state index in [4.69, 9.17) is 5.84 Å². The molecule has 0 radical (unpaired) electrons. The lowest BCUT2D eigenvalue weighted by atomic mass is 10.1. The molecular weight excluding hydrogens is 328 g/mol. The number of nitrogens with two attached hydrogens (primary N) is 1. The lowest BCUT2D eigenvalue weighted by Crippen LogP contribution is -2.29. The fourth-order valence-electron chi connectivity index (χ4n) is 1.52. The highest BCUT2D eigenvalue weighted by molar-refractivity contribution is 9.10. The largest absolute Gasteiger partial charge is 0.290 e. The van der Waals surface area contributed by atoms with Crippen molar-refractivity contribution in [2.75, 3.05) is 0 Å². The van der Waals surface area contributed by atoms with E-state index in [1.54, 1.807) is 28.6 Å². The molecule has 19 heavy (non-hydrogen) atoms. The van der Waals surface area contributed by atoms with Crippen molar-refractivity contribution in [1.29, 1.82) is 0 Å². The Kier molecular flexibility index (Phi) is 4.62. The third-order valence-corrected chi connectivity index (χ3v) is 4.26. The SMILES string of the molecule is Cn1cc(SCc2ccc(C(=O)NN)cc2Br)cn1. The number of nitrogens with one attached hydrogen (secondary N) is 1. The minimum atomic E-state index is -0.299. The summed E-state index contributed by atoms with van der Waals surface area (Å²) in [5, 5.41) is 4.12. The van der Waals surface area contributed by atoms with Crippen LogP contribution in [0.5, 0.6) is 0 Å². The fourth-order valence-corrected chi connectivity index (χ4v) is 3.15. The standard InChI is InChI=1S/C12H13BrN4OS/c1-17-6-10(5-15-17)19-7-9-3-2-8(4-11(9)13)12(18)16-14/h2-6H,7,14H2,1H3,(H,16,18). The predicted molar refractivity (Wildman–Crippen MR) is 78.6 cm³/mol. The molecule has 5 nitrogen and oxygen atoms in total. The molecule has 0 unspecified atom stereocenters. The van der Waals surface area contributed by atoms with Crippen LogP contribution in [0.3, 0.4) is 0 Å². The molecule has 7 heteroatoms. The van der Waals surface area contributed by atoms with Gasteiger partial charge in [-0.05, 0) is 17.7 Å². The summed E-state index contributed by atoms with van der Waals surface area (Å²) >= 11 is 5.16. The van der Waals surface area contributed by atoms with Gasteiger partial charge >= 0.3 is 0 Å². The van der Waals surface area contributed by atoms with Gasteiger partial charge in [0.2, 0.25) is 0 Å². The van der Waals surface area contributed by atoms with Crippen molar-refractivity contribution in [1.82, 2.24) is 15.2 Å².